The average Bonchev–Trinajstić information content (AvgIpc) is 3.12. The lowest BCUT2D eigenvalue weighted by atomic mass is 10.2. The van der Waals surface area contributed by atoms with Crippen molar-refractivity contribution in [3.05, 3.63) is 47.8 Å². The number of methoxy groups -OCH3 is 1. The molecule has 0 spiro atoms. The Bertz CT molecular complexity index is 959. The molecule has 0 bridgehead atoms. The Morgan fingerprint density at radius 1 is 1.22 bits per heavy atom. The van der Waals surface area contributed by atoms with Crippen LogP contribution in [0.15, 0.2) is 41.7 Å². The maximum atomic E-state index is 13.2. The molecule has 2 aromatic rings. The van der Waals surface area contributed by atoms with E-state index in [-0.39, 0.29) is 17.0 Å². The highest BCUT2D eigenvalue weighted by Gasteiger charge is 2.25. The Hall–Kier alpha value is -2.01. The zero-order valence-electron chi connectivity index (χ0n) is 19.6. The Kier molecular flexibility index (Phi) is 10.1. The molecular weight excluding hydrogens is 446 g/mol. The van der Waals surface area contributed by atoms with Crippen molar-refractivity contribution < 1.29 is 13.2 Å². The molecule has 1 aromatic carbocycles. The predicted molar refractivity (Wildman–Crippen MR) is 131 cm³/mol. The average molecular weight is 482 g/mol. The predicted octanol–water partition coefficient (Wildman–Crippen LogP) is 2.15. The van der Waals surface area contributed by atoms with E-state index in [0.717, 1.165) is 17.8 Å². The van der Waals surface area contributed by atoms with Crippen molar-refractivity contribution in [1.82, 2.24) is 24.7 Å². The highest BCUT2D eigenvalue weighted by molar-refractivity contribution is 7.90. The van der Waals surface area contributed by atoms with Crippen LogP contribution in [0.1, 0.15) is 25.1 Å². The van der Waals surface area contributed by atoms with Gasteiger partial charge in [0, 0.05) is 32.8 Å². The van der Waals surface area contributed by atoms with E-state index in [1.807, 2.05) is 51.0 Å². The molecule has 0 saturated heterocycles. The lowest BCUT2D eigenvalue weighted by Crippen LogP contribution is -2.45. The van der Waals surface area contributed by atoms with Crippen molar-refractivity contribution in [2.75, 3.05) is 40.9 Å². The van der Waals surface area contributed by atoms with Crippen LogP contribution in [0.2, 0.25) is 0 Å². The van der Waals surface area contributed by atoms with E-state index in [9.17, 15) is 8.42 Å². The maximum Gasteiger partial charge on any atom is 0.228 e. The molecule has 0 aliphatic rings. The van der Waals surface area contributed by atoms with Crippen LogP contribution in [0.25, 0.3) is 0 Å². The van der Waals surface area contributed by atoms with Gasteiger partial charge in [-0.1, -0.05) is 30.3 Å². The molecule has 1 aromatic heterocycles. The minimum Gasteiger partial charge on any atom is -0.383 e. The zero-order chi connectivity index (χ0) is 23.7. The topological polar surface area (TPSA) is 79.7 Å². The first-order valence-corrected chi connectivity index (χ1v) is 12.7. The number of imidazole rings is 1. The largest absolute Gasteiger partial charge is 0.383 e. The highest BCUT2D eigenvalue weighted by atomic mass is 32.2. The van der Waals surface area contributed by atoms with Crippen LogP contribution >= 0.6 is 12.2 Å². The normalized spacial score (nSPS) is 11.8. The molecule has 32 heavy (non-hydrogen) atoms. The molecule has 10 heteroatoms. The molecule has 8 nitrogen and oxygen atoms in total. The van der Waals surface area contributed by atoms with E-state index in [2.05, 4.69) is 15.2 Å². The van der Waals surface area contributed by atoms with Crippen molar-refractivity contribution in [3.8, 4) is 0 Å². The first-order chi connectivity index (χ1) is 15.1. The van der Waals surface area contributed by atoms with E-state index >= 15 is 0 Å². The van der Waals surface area contributed by atoms with E-state index in [0.29, 0.717) is 31.4 Å². The summed E-state index contributed by atoms with van der Waals surface area (Å²) in [6.07, 6.45) is 1.63. The van der Waals surface area contributed by atoms with Gasteiger partial charge in [0.05, 0.1) is 30.8 Å². The SMILES string of the molecule is COCCn1c(CN(CCN(C)C)C(=S)NC(C)C)cnc1S(=O)(=O)Cc1ccccc1. The monoisotopic (exact) mass is 481 g/mol. The van der Waals surface area contributed by atoms with Crippen molar-refractivity contribution in [1.29, 1.82) is 0 Å². The third kappa shape index (κ3) is 7.84. The smallest absolute Gasteiger partial charge is 0.228 e. The fraction of sp³-hybridized carbons (Fsp3) is 0.545. The quantitative estimate of drug-likeness (QED) is 0.462. The maximum absolute atomic E-state index is 13.2. The lowest BCUT2D eigenvalue weighted by molar-refractivity contribution is 0.182. The number of likely N-dealkylation sites (N-methyl/N-ethyl adjacent to an activating group) is 1. The molecule has 0 aliphatic carbocycles. The molecule has 0 unspecified atom stereocenters. The summed E-state index contributed by atoms with van der Waals surface area (Å²) in [5.74, 6) is -0.102. The van der Waals surface area contributed by atoms with Crippen LogP contribution < -0.4 is 5.32 Å². The summed E-state index contributed by atoms with van der Waals surface area (Å²) in [7, 11) is 1.98. The van der Waals surface area contributed by atoms with Gasteiger partial charge >= 0.3 is 0 Å². The van der Waals surface area contributed by atoms with Crippen LogP contribution in [-0.4, -0.2) is 79.8 Å². The standard InChI is InChI=1S/C22H35N5O3S2/c1-18(2)24-21(31)26(12-11-25(3)4)16-20-15-23-22(27(20)13-14-30-5)32(28,29)17-19-9-7-6-8-10-19/h6-10,15,18H,11-14,16-17H2,1-5H3,(H,24,31). The number of nitrogens with zero attached hydrogens (tertiary/aromatic N) is 4. The Morgan fingerprint density at radius 2 is 1.91 bits per heavy atom. The summed E-state index contributed by atoms with van der Waals surface area (Å²) in [6, 6.07) is 9.34. The molecule has 2 rings (SSSR count). The van der Waals surface area contributed by atoms with E-state index in [1.54, 1.807) is 30.0 Å². The molecule has 0 atom stereocenters. The van der Waals surface area contributed by atoms with Crippen LogP contribution in [0.4, 0.5) is 0 Å². The first kappa shape index (κ1) is 26.2. The number of hydrogen-bond donors (Lipinski definition) is 1. The van der Waals surface area contributed by atoms with Gasteiger partial charge in [-0.3, -0.25) is 0 Å². The third-order valence-corrected chi connectivity index (χ3v) is 6.74. The fourth-order valence-corrected chi connectivity index (χ4v) is 5.06. The summed E-state index contributed by atoms with van der Waals surface area (Å²) in [5, 5.41) is 3.98. The number of thiocarbonyl (C=S) groups is 1. The molecule has 0 saturated carbocycles. The van der Waals surface area contributed by atoms with Gasteiger partial charge in [-0.15, -0.1) is 0 Å². The van der Waals surface area contributed by atoms with Crippen molar-refractivity contribution in [3.63, 3.8) is 0 Å². The second kappa shape index (κ2) is 12.3. The molecule has 1 heterocycles. The number of hydrogen-bond acceptors (Lipinski definition) is 6. The molecule has 0 amide bonds. The number of sulfone groups is 1. The van der Waals surface area contributed by atoms with Gasteiger partial charge in [-0.2, -0.15) is 0 Å². The van der Waals surface area contributed by atoms with Gasteiger partial charge in [0.15, 0.2) is 5.11 Å². The highest BCUT2D eigenvalue weighted by Crippen LogP contribution is 2.19. The van der Waals surface area contributed by atoms with E-state index < -0.39 is 9.84 Å². The minimum absolute atomic E-state index is 0.0590. The molecule has 0 radical (unpaired) electrons. The minimum atomic E-state index is -3.63. The molecule has 178 valence electrons. The lowest BCUT2D eigenvalue weighted by Gasteiger charge is -2.28. The fourth-order valence-electron chi connectivity index (χ4n) is 3.15. The summed E-state index contributed by atoms with van der Waals surface area (Å²) in [6.45, 7) is 6.80. The summed E-state index contributed by atoms with van der Waals surface area (Å²) in [5.41, 5.74) is 1.51. The molecule has 0 fully saturated rings. The Labute approximate surface area is 197 Å². The summed E-state index contributed by atoms with van der Waals surface area (Å²) >= 11 is 5.62. The number of rotatable bonds is 12. The molecular formula is C22H35N5O3S2. The third-order valence-electron chi connectivity index (χ3n) is 4.77. The summed E-state index contributed by atoms with van der Waals surface area (Å²) in [4.78, 5) is 8.46. The Morgan fingerprint density at radius 3 is 2.50 bits per heavy atom. The van der Waals surface area contributed by atoms with Crippen molar-refractivity contribution >= 4 is 27.2 Å². The Balaban J connectivity index is 2.35. The van der Waals surface area contributed by atoms with E-state index in [1.165, 1.54) is 0 Å². The van der Waals surface area contributed by atoms with Crippen molar-refractivity contribution in [2.45, 2.75) is 43.9 Å². The van der Waals surface area contributed by atoms with Crippen LogP contribution in [0.5, 0.6) is 0 Å². The second-order valence-corrected chi connectivity index (χ2v) is 10.5. The molecule has 1 N–H and O–H groups in total. The summed E-state index contributed by atoms with van der Waals surface area (Å²) < 4.78 is 33.4. The van der Waals surface area contributed by atoms with Gasteiger partial charge in [0.1, 0.15) is 0 Å². The van der Waals surface area contributed by atoms with Crippen LogP contribution in [0.3, 0.4) is 0 Å². The van der Waals surface area contributed by atoms with Crippen LogP contribution in [-0.2, 0) is 33.4 Å². The number of ether oxygens (including phenoxy) is 1. The van der Waals surface area contributed by atoms with Crippen LogP contribution in [0, 0.1) is 0 Å². The van der Waals surface area contributed by atoms with Gasteiger partial charge < -0.3 is 24.4 Å². The number of benzene rings is 1. The number of aromatic nitrogens is 2. The van der Waals surface area contributed by atoms with Gasteiger partial charge in [0.2, 0.25) is 15.0 Å². The first-order valence-electron chi connectivity index (χ1n) is 10.6. The zero-order valence-corrected chi connectivity index (χ0v) is 21.2. The van der Waals surface area contributed by atoms with Crippen molar-refractivity contribution in [2.24, 2.45) is 0 Å². The van der Waals surface area contributed by atoms with Gasteiger partial charge in [0.25, 0.3) is 0 Å². The van der Waals surface area contributed by atoms with Gasteiger partial charge in [-0.25, -0.2) is 13.4 Å². The van der Waals surface area contributed by atoms with E-state index in [4.69, 9.17) is 17.0 Å². The van der Waals surface area contributed by atoms with Gasteiger partial charge in [-0.05, 0) is 45.7 Å². The molecule has 0 aliphatic heterocycles. The number of nitrogens with one attached hydrogen (secondary N) is 1. The second-order valence-electron chi connectivity index (χ2n) is 8.25.